The summed E-state index contributed by atoms with van der Waals surface area (Å²) in [6.07, 6.45) is 1.77. The second-order valence-corrected chi connectivity index (χ2v) is 7.26. The lowest BCUT2D eigenvalue weighted by Gasteiger charge is -2.36. The van der Waals surface area contributed by atoms with Gasteiger partial charge in [-0.2, -0.15) is 5.10 Å². The largest absolute Gasteiger partial charge is 0.497 e. The van der Waals surface area contributed by atoms with Crippen LogP contribution in [0.2, 0.25) is 0 Å². The molecule has 1 aromatic heterocycles. The van der Waals surface area contributed by atoms with E-state index in [0.717, 1.165) is 49.1 Å². The molecule has 0 atom stereocenters. The highest BCUT2D eigenvalue weighted by Crippen LogP contribution is 2.28. The van der Waals surface area contributed by atoms with Gasteiger partial charge in [-0.05, 0) is 48.6 Å². The van der Waals surface area contributed by atoms with E-state index >= 15 is 0 Å². The Morgan fingerprint density at radius 2 is 1.66 bits per heavy atom. The van der Waals surface area contributed by atoms with Crippen LogP contribution in [0.1, 0.15) is 0 Å². The number of nitrogens with zero attached hydrogens (tertiary/aromatic N) is 5. The SMILES string of the molecule is COc1ccc(-n2cnn(CN3CCN(c4ccccc4OC)CC3)c2=S)cc1. The van der Waals surface area contributed by atoms with Crippen LogP contribution in [-0.4, -0.2) is 59.6 Å². The summed E-state index contributed by atoms with van der Waals surface area (Å²) in [4.78, 5) is 4.73. The van der Waals surface area contributed by atoms with E-state index in [1.54, 1.807) is 20.5 Å². The highest BCUT2D eigenvalue weighted by Gasteiger charge is 2.20. The maximum Gasteiger partial charge on any atom is 0.203 e. The summed E-state index contributed by atoms with van der Waals surface area (Å²) < 4.78 is 15.2. The third kappa shape index (κ3) is 4.13. The first-order valence-corrected chi connectivity index (χ1v) is 9.99. The van der Waals surface area contributed by atoms with E-state index in [2.05, 4.69) is 27.0 Å². The first kappa shape index (κ1) is 19.5. The third-order valence-corrected chi connectivity index (χ3v) is 5.62. The Hall–Kier alpha value is -2.84. The smallest absolute Gasteiger partial charge is 0.203 e. The fraction of sp³-hybridized carbons (Fsp3) is 0.333. The predicted octanol–water partition coefficient (Wildman–Crippen LogP) is 3.20. The molecule has 0 saturated carbocycles. The zero-order valence-electron chi connectivity index (χ0n) is 16.7. The fourth-order valence-corrected chi connectivity index (χ4v) is 3.82. The molecule has 1 fully saturated rings. The molecule has 8 heteroatoms. The number of para-hydroxylation sites is 2. The Morgan fingerprint density at radius 3 is 2.34 bits per heavy atom. The van der Waals surface area contributed by atoms with Gasteiger partial charge in [-0.3, -0.25) is 9.47 Å². The highest BCUT2D eigenvalue weighted by atomic mass is 32.1. The van der Waals surface area contributed by atoms with Gasteiger partial charge in [0.15, 0.2) is 0 Å². The molecule has 4 rings (SSSR count). The molecule has 0 amide bonds. The lowest BCUT2D eigenvalue weighted by molar-refractivity contribution is 0.194. The molecule has 1 aliphatic rings. The number of benzene rings is 2. The Balaban J connectivity index is 1.41. The number of methoxy groups -OCH3 is 2. The van der Waals surface area contributed by atoms with E-state index in [1.807, 2.05) is 45.6 Å². The van der Waals surface area contributed by atoms with Gasteiger partial charge in [0.1, 0.15) is 17.8 Å². The van der Waals surface area contributed by atoms with Crippen LogP contribution in [0.15, 0.2) is 54.9 Å². The molecule has 2 heterocycles. The minimum atomic E-state index is 0.682. The molecule has 0 bridgehead atoms. The molecule has 0 radical (unpaired) electrons. The predicted molar refractivity (Wildman–Crippen MR) is 116 cm³/mol. The lowest BCUT2D eigenvalue weighted by atomic mass is 10.2. The highest BCUT2D eigenvalue weighted by molar-refractivity contribution is 7.71. The average Bonchev–Trinajstić information content (AvgIpc) is 3.14. The summed E-state index contributed by atoms with van der Waals surface area (Å²) >= 11 is 5.65. The van der Waals surface area contributed by atoms with Gasteiger partial charge < -0.3 is 14.4 Å². The molecular formula is C21H25N5O2S. The first-order chi connectivity index (χ1) is 14.2. The minimum absolute atomic E-state index is 0.682. The molecular weight excluding hydrogens is 386 g/mol. The van der Waals surface area contributed by atoms with Crippen LogP contribution in [-0.2, 0) is 6.67 Å². The van der Waals surface area contributed by atoms with Crippen LogP contribution in [0.5, 0.6) is 11.5 Å². The fourth-order valence-electron chi connectivity index (χ4n) is 3.56. The van der Waals surface area contributed by atoms with E-state index < -0.39 is 0 Å². The van der Waals surface area contributed by atoms with E-state index in [4.69, 9.17) is 21.7 Å². The van der Waals surface area contributed by atoms with E-state index in [9.17, 15) is 0 Å². The standard InChI is InChI=1S/C21H25N5O2S/c1-27-18-9-7-17(8-10-18)25-15-22-26(21(25)29)16-23-11-13-24(14-12-23)19-5-3-4-6-20(19)28-2/h3-10,15H,11-14,16H2,1-2H3. The number of ether oxygens (including phenoxy) is 2. The quantitative estimate of drug-likeness (QED) is 0.581. The molecule has 0 unspecified atom stereocenters. The van der Waals surface area contributed by atoms with E-state index in [-0.39, 0.29) is 0 Å². The van der Waals surface area contributed by atoms with Gasteiger partial charge in [0, 0.05) is 31.9 Å². The van der Waals surface area contributed by atoms with Crippen molar-refractivity contribution >= 4 is 17.9 Å². The minimum Gasteiger partial charge on any atom is -0.497 e. The number of hydrogen-bond donors (Lipinski definition) is 0. The van der Waals surface area contributed by atoms with Gasteiger partial charge in [0.05, 0.1) is 26.6 Å². The summed E-state index contributed by atoms with van der Waals surface area (Å²) in [5.41, 5.74) is 2.12. The van der Waals surface area contributed by atoms with Crippen molar-refractivity contribution in [1.29, 1.82) is 0 Å². The molecule has 29 heavy (non-hydrogen) atoms. The van der Waals surface area contributed by atoms with Crippen molar-refractivity contribution < 1.29 is 9.47 Å². The molecule has 7 nitrogen and oxygen atoms in total. The Bertz CT molecular complexity index is 1010. The maximum atomic E-state index is 5.65. The van der Waals surface area contributed by atoms with Crippen LogP contribution >= 0.6 is 12.2 Å². The summed E-state index contributed by atoms with van der Waals surface area (Å²) in [6, 6.07) is 16.0. The van der Waals surface area contributed by atoms with Crippen molar-refractivity contribution in [1.82, 2.24) is 19.2 Å². The number of aromatic nitrogens is 3. The normalized spacial score (nSPS) is 14.8. The van der Waals surface area contributed by atoms with Crippen molar-refractivity contribution in [3.8, 4) is 17.2 Å². The van der Waals surface area contributed by atoms with E-state index in [1.165, 1.54) is 0 Å². The topological polar surface area (TPSA) is 47.7 Å². The van der Waals surface area contributed by atoms with Gasteiger partial charge in [0.25, 0.3) is 0 Å². The first-order valence-electron chi connectivity index (χ1n) is 9.59. The summed E-state index contributed by atoms with van der Waals surface area (Å²) in [6.45, 7) is 4.44. The molecule has 3 aromatic rings. The Labute approximate surface area is 175 Å². The van der Waals surface area contributed by atoms with Crippen molar-refractivity contribution in [2.75, 3.05) is 45.3 Å². The van der Waals surface area contributed by atoms with Crippen molar-refractivity contribution in [2.45, 2.75) is 6.67 Å². The zero-order valence-corrected chi connectivity index (χ0v) is 17.5. The van der Waals surface area contributed by atoms with Gasteiger partial charge in [-0.15, -0.1) is 0 Å². The summed E-state index contributed by atoms with van der Waals surface area (Å²) in [5, 5.41) is 4.50. The third-order valence-electron chi connectivity index (χ3n) is 5.22. The van der Waals surface area contributed by atoms with Crippen LogP contribution in [0.4, 0.5) is 5.69 Å². The lowest BCUT2D eigenvalue weighted by Crippen LogP contribution is -2.47. The number of hydrogen-bond acceptors (Lipinski definition) is 6. The van der Waals surface area contributed by atoms with Crippen molar-refractivity contribution in [3.05, 3.63) is 59.6 Å². The summed E-state index contributed by atoms with van der Waals surface area (Å²) in [5.74, 6) is 1.74. The second-order valence-electron chi connectivity index (χ2n) is 6.90. The molecule has 1 aliphatic heterocycles. The average molecular weight is 412 g/mol. The van der Waals surface area contributed by atoms with Crippen molar-refractivity contribution in [3.63, 3.8) is 0 Å². The van der Waals surface area contributed by atoms with Crippen LogP contribution in [0, 0.1) is 4.77 Å². The number of piperazine rings is 1. The van der Waals surface area contributed by atoms with Gasteiger partial charge in [0.2, 0.25) is 4.77 Å². The molecule has 1 saturated heterocycles. The van der Waals surface area contributed by atoms with Crippen LogP contribution in [0.25, 0.3) is 5.69 Å². The number of rotatable bonds is 6. The molecule has 0 spiro atoms. The zero-order chi connectivity index (χ0) is 20.2. The van der Waals surface area contributed by atoms with Crippen LogP contribution in [0.3, 0.4) is 0 Å². The molecule has 152 valence electrons. The molecule has 2 aromatic carbocycles. The Kier molecular flexibility index (Phi) is 5.82. The second kappa shape index (κ2) is 8.67. The summed E-state index contributed by atoms with van der Waals surface area (Å²) in [7, 11) is 3.38. The monoisotopic (exact) mass is 411 g/mol. The van der Waals surface area contributed by atoms with Gasteiger partial charge >= 0.3 is 0 Å². The molecule has 0 N–H and O–H groups in total. The van der Waals surface area contributed by atoms with Gasteiger partial charge in [-0.1, -0.05) is 12.1 Å². The number of anilines is 1. The Morgan fingerprint density at radius 1 is 0.931 bits per heavy atom. The van der Waals surface area contributed by atoms with Crippen molar-refractivity contribution in [2.24, 2.45) is 0 Å². The molecule has 0 aliphatic carbocycles. The van der Waals surface area contributed by atoms with E-state index in [0.29, 0.717) is 11.4 Å². The van der Waals surface area contributed by atoms with Crippen LogP contribution < -0.4 is 14.4 Å². The van der Waals surface area contributed by atoms with Gasteiger partial charge in [-0.25, -0.2) is 4.68 Å². The maximum absolute atomic E-state index is 5.65.